The van der Waals surface area contributed by atoms with Crippen LogP contribution in [-0.4, -0.2) is 23.9 Å². The number of amidine groups is 1. The van der Waals surface area contributed by atoms with Gasteiger partial charge >= 0.3 is 0 Å². The summed E-state index contributed by atoms with van der Waals surface area (Å²) < 4.78 is 0.875. The minimum atomic E-state index is 0.875. The van der Waals surface area contributed by atoms with Crippen LogP contribution >= 0.6 is 0 Å². The highest BCUT2D eigenvalue weighted by atomic mass is 15.4. The van der Waals surface area contributed by atoms with Crippen molar-refractivity contribution in [1.82, 2.24) is 0 Å². The largest absolute Gasteiger partial charge is 0.254 e. The van der Waals surface area contributed by atoms with Crippen molar-refractivity contribution < 1.29 is 4.48 Å². The van der Waals surface area contributed by atoms with Gasteiger partial charge in [0.25, 0.3) is 0 Å². The molecule has 1 rings (SSSR count). The van der Waals surface area contributed by atoms with Crippen LogP contribution in [0.5, 0.6) is 0 Å². The molecule has 0 amide bonds. The molecule has 0 spiro atoms. The molecule has 1 heterocycles. The molecule has 2 heteroatoms. The average molecular weight is 125 g/mol. The molecule has 1 unspecified atom stereocenters. The van der Waals surface area contributed by atoms with Crippen LogP contribution in [0.1, 0.15) is 13.8 Å². The molecule has 9 heavy (non-hydrogen) atoms. The van der Waals surface area contributed by atoms with Gasteiger partial charge in [-0.1, -0.05) is 0 Å². The fraction of sp³-hybridized carbons (Fsp3) is 0.571. The topological polar surface area (TPSA) is 12.4 Å². The summed E-state index contributed by atoms with van der Waals surface area (Å²) in [5, 5.41) is 0. The Morgan fingerprint density at radius 2 is 2.33 bits per heavy atom. The monoisotopic (exact) mass is 125 g/mol. The van der Waals surface area contributed by atoms with Crippen LogP contribution in [0.25, 0.3) is 0 Å². The Kier molecular flexibility index (Phi) is 1.41. The van der Waals surface area contributed by atoms with Gasteiger partial charge in [0.15, 0.2) is 0 Å². The molecule has 0 aromatic rings. The molecule has 0 saturated carbocycles. The van der Waals surface area contributed by atoms with Crippen molar-refractivity contribution in [2.45, 2.75) is 13.8 Å². The fourth-order valence-corrected chi connectivity index (χ4v) is 0.862. The maximum Gasteiger partial charge on any atom is 0.204 e. The molecular formula is C7H13N2+. The zero-order valence-corrected chi connectivity index (χ0v) is 6.26. The third kappa shape index (κ3) is 0.900. The van der Waals surface area contributed by atoms with E-state index in [2.05, 4.69) is 32.1 Å². The van der Waals surface area contributed by atoms with E-state index >= 15 is 0 Å². The lowest BCUT2D eigenvalue weighted by Gasteiger charge is -2.23. The molecule has 1 aliphatic rings. The van der Waals surface area contributed by atoms with Crippen molar-refractivity contribution in [3.8, 4) is 0 Å². The summed E-state index contributed by atoms with van der Waals surface area (Å²) in [6, 6.07) is 0. The van der Waals surface area contributed by atoms with Crippen LogP contribution in [0.4, 0.5) is 0 Å². The first-order chi connectivity index (χ1) is 4.19. The van der Waals surface area contributed by atoms with Crippen LogP contribution in [-0.2, 0) is 0 Å². The molecule has 1 aliphatic heterocycles. The summed E-state index contributed by atoms with van der Waals surface area (Å²) in [6.45, 7) is 5.31. The highest BCUT2D eigenvalue weighted by Gasteiger charge is 2.23. The molecule has 0 aromatic heterocycles. The van der Waals surface area contributed by atoms with Gasteiger partial charge in [-0.2, -0.15) is 0 Å². The Hall–Kier alpha value is -0.630. The zero-order valence-electron chi connectivity index (χ0n) is 6.26. The van der Waals surface area contributed by atoms with Crippen molar-refractivity contribution in [3.63, 3.8) is 0 Å². The summed E-state index contributed by atoms with van der Waals surface area (Å²) in [5.74, 6) is 1.18. The summed E-state index contributed by atoms with van der Waals surface area (Å²) in [6.07, 6.45) is 3.98. The fourth-order valence-electron chi connectivity index (χ4n) is 0.862. The Balaban J connectivity index is 2.82. The van der Waals surface area contributed by atoms with E-state index in [1.807, 2.05) is 6.20 Å². The quantitative estimate of drug-likeness (QED) is 0.469. The first kappa shape index (κ1) is 6.49. The van der Waals surface area contributed by atoms with Crippen LogP contribution in [0, 0.1) is 0 Å². The van der Waals surface area contributed by atoms with Crippen LogP contribution in [0.15, 0.2) is 17.4 Å². The molecule has 0 aromatic carbocycles. The summed E-state index contributed by atoms with van der Waals surface area (Å²) in [7, 11) is 2.16. The number of aliphatic imine (C=N–C) groups is 1. The normalized spacial score (nSPS) is 33.0. The van der Waals surface area contributed by atoms with Crippen molar-refractivity contribution >= 4 is 5.84 Å². The van der Waals surface area contributed by atoms with Gasteiger partial charge in [-0.15, -0.1) is 0 Å². The van der Waals surface area contributed by atoms with Crippen molar-refractivity contribution in [2.24, 2.45) is 4.99 Å². The summed E-state index contributed by atoms with van der Waals surface area (Å²) >= 11 is 0. The second-order valence-corrected chi connectivity index (χ2v) is 2.56. The molecule has 1 atom stereocenters. The number of nitrogens with zero attached hydrogens (tertiary/aromatic N) is 2. The van der Waals surface area contributed by atoms with Crippen LogP contribution in [0.3, 0.4) is 0 Å². The third-order valence-electron chi connectivity index (χ3n) is 2.05. The minimum Gasteiger partial charge on any atom is -0.254 e. The molecule has 50 valence electrons. The summed E-state index contributed by atoms with van der Waals surface area (Å²) in [4.78, 5) is 4.17. The van der Waals surface area contributed by atoms with E-state index in [9.17, 15) is 0 Å². The lowest BCUT2D eigenvalue weighted by Crippen LogP contribution is -2.40. The molecule has 0 N–H and O–H groups in total. The van der Waals surface area contributed by atoms with Crippen LogP contribution < -0.4 is 0 Å². The number of hydrogen-bond acceptors (Lipinski definition) is 1. The van der Waals surface area contributed by atoms with E-state index in [-0.39, 0.29) is 0 Å². The molecule has 2 nitrogen and oxygen atoms in total. The molecule has 0 bridgehead atoms. The smallest absolute Gasteiger partial charge is 0.204 e. The van der Waals surface area contributed by atoms with E-state index in [0.29, 0.717) is 0 Å². The van der Waals surface area contributed by atoms with E-state index in [0.717, 1.165) is 11.0 Å². The van der Waals surface area contributed by atoms with Gasteiger partial charge in [0.1, 0.15) is 6.20 Å². The minimum absolute atomic E-state index is 0.875. The van der Waals surface area contributed by atoms with Gasteiger partial charge in [-0.3, -0.25) is 4.48 Å². The zero-order chi connectivity index (χ0) is 6.91. The number of rotatable bonds is 1. The summed E-state index contributed by atoms with van der Waals surface area (Å²) in [5.41, 5.74) is 0. The van der Waals surface area contributed by atoms with Gasteiger partial charge in [-0.25, -0.2) is 4.99 Å². The maximum atomic E-state index is 4.17. The Labute approximate surface area is 56.1 Å². The predicted octanol–water partition coefficient (Wildman–Crippen LogP) is 1.36. The Bertz CT molecular complexity index is 170. The molecule has 0 radical (unpaired) electrons. The SMILES string of the molecule is CC[N+]1(C)C=CN=C1C. The third-order valence-corrected chi connectivity index (χ3v) is 2.05. The van der Waals surface area contributed by atoms with Gasteiger partial charge in [-0.05, 0) is 6.92 Å². The number of quaternary nitrogens is 1. The Morgan fingerprint density at radius 1 is 1.67 bits per heavy atom. The molecule has 0 aliphatic carbocycles. The second-order valence-electron chi connectivity index (χ2n) is 2.56. The van der Waals surface area contributed by atoms with Gasteiger partial charge in [0.2, 0.25) is 5.84 Å². The average Bonchev–Trinajstić information content (AvgIpc) is 2.15. The Morgan fingerprint density at radius 3 is 2.56 bits per heavy atom. The molecule has 0 saturated heterocycles. The van der Waals surface area contributed by atoms with Crippen molar-refractivity contribution in [2.75, 3.05) is 13.6 Å². The lowest BCUT2D eigenvalue weighted by atomic mass is 10.4. The molecule has 0 fully saturated rings. The first-order valence-corrected chi connectivity index (χ1v) is 3.27. The van der Waals surface area contributed by atoms with Crippen molar-refractivity contribution in [1.29, 1.82) is 0 Å². The second kappa shape index (κ2) is 1.95. The predicted molar refractivity (Wildman–Crippen MR) is 39.0 cm³/mol. The number of hydrogen-bond donors (Lipinski definition) is 0. The lowest BCUT2D eigenvalue weighted by molar-refractivity contribution is -0.761. The van der Waals surface area contributed by atoms with E-state index in [1.54, 1.807) is 0 Å². The van der Waals surface area contributed by atoms with Crippen molar-refractivity contribution in [3.05, 3.63) is 12.4 Å². The highest BCUT2D eigenvalue weighted by Crippen LogP contribution is 2.11. The van der Waals surface area contributed by atoms with Gasteiger partial charge < -0.3 is 0 Å². The van der Waals surface area contributed by atoms with Gasteiger partial charge in [0.05, 0.1) is 19.8 Å². The first-order valence-electron chi connectivity index (χ1n) is 3.27. The van der Waals surface area contributed by atoms with E-state index < -0.39 is 0 Å². The van der Waals surface area contributed by atoms with E-state index in [1.165, 1.54) is 5.84 Å². The maximum absolute atomic E-state index is 4.17. The standard InChI is InChI=1S/C7H13N2/c1-4-9(3)6-5-8-7(9)2/h5-6H,4H2,1-3H3/q+1. The molecular weight excluding hydrogens is 112 g/mol. The van der Waals surface area contributed by atoms with Gasteiger partial charge in [0, 0.05) is 6.92 Å². The van der Waals surface area contributed by atoms with Crippen LogP contribution in [0.2, 0.25) is 0 Å². The van der Waals surface area contributed by atoms with E-state index in [4.69, 9.17) is 0 Å². The highest BCUT2D eigenvalue weighted by molar-refractivity contribution is 5.75.